The Bertz CT molecular complexity index is 3440. The maximum Gasteiger partial charge on any atom is 0.319 e. The Labute approximate surface area is 492 Å². The topological polar surface area (TPSA) is 205 Å². The van der Waals surface area contributed by atoms with Gasteiger partial charge in [-0.05, 0) is 149 Å². The van der Waals surface area contributed by atoms with Crippen LogP contribution in [0.3, 0.4) is 0 Å². The zero-order chi connectivity index (χ0) is 58.6. The first-order valence-corrected chi connectivity index (χ1v) is 30.2. The fourth-order valence-corrected chi connectivity index (χ4v) is 15.8. The van der Waals surface area contributed by atoms with E-state index in [-0.39, 0.29) is 90.9 Å². The molecule has 2 unspecified atom stereocenters. The third kappa shape index (κ3) is 10.2. The summed E-state index contributed by atoms with van der Waals surface area (Å²) in [5, 5.41) is 19.7. The molecule has 12 rings (SSSR count). The second kappa shape index (κ2) is 23.0. The number of rotatable bonds is 13. The van der Waals surface area contributed by atoms with Gasteiger partial charge in [0.25, 0.3) is 0 Å². The molecule has 8 aliphatic rings. The number of likely N-dealkylation sites (N-methyl/N-ethyl adjacent to an activating group) is 2. The zero-order valence-electron chi connectivity index (χ0n) is 48.9. The van der Waals surface area contributed by atoms with Gasteiger partial charge in [0, 0.05) is 79.9 Å². The molecule has 436 valence electrons. The molecule has 2 aromatic carbocycles. The maximum atomic E-state index is 15.4. The molecule has 18 nitrogen and oxygen atoms in total. The van der Waals surface area contributed by atoms with Crippen LogP contribution in [0.4, 0.5) is 11.6 Å². The lowest BCUT2D eigenvalue weighted by molar-refractivity contribution is -0.129. The monoisotopic (exact) mass is 1130 g/mol. The number of hydrogen-bond donors (Lipinski definition) is 0. The van der Waals surface area contributed by atoms with Crippen LogP contribution in [0.15, 0.2) is 74.4 Å². The average molecular weight is 1130 g/mol. The Hall–Kier alpha value is -7.80. The van der Waals surface area contributed by atoms with Gasteiger partial charge in [-0.15, -0.1) is 0 Å². The first kappa shape index (κ1) is 56.7. The van der Waals surface area contributed by atoms with E-state index in [4.69, 9.17) is 36.0 Å². The number of likely N-dealkylation sites (tertiary alicyclic amines) is 2. The van der Waals surface area contributed by atoms with Crippen molar-refractivity contribution in [1.82, 2.24) is 39.5 Å². The number of ketones is 2. The first-order chi connectivity index (χ1) is 40.6. The highest BCUT2D eigenvalue weighted by atomic mass is 16.5. The van der Waals surface area contributed by atoms with Gasteiger partial charge in [-0.2, -0.15) is 30.5 Å². The van der Waals surface area contributed by atoms with Crippen molar-refractivity contribution in [2.75, 3.05) is 89.5 Å². The van der Waals surface area contributed by atoms with Crippen molar-refractivity contribution < 1.29 is 28.7 Å². The van der Waals surface area contributed by atoms with Crippen LogP contribution < -0.4 is 19.3 Å². The van der Waals surface area contributed by atoms with Gasteiger partial charge in [-0.25, -0.2) is 0 Å². The molecule has 4 fully saturated rings. The molecule has 0 radical (unpaired) electrons. The van der Waals surface area contributed by atoms with Crippen molar-refractivity contribution >= 4 is 40.6 Å². The second-order valence-electron chi connectivity index (χ2n) is 25.2. The molecular formula is C66H76N12O6. The summed E-state index contributed by atoms with van der Waals surface area (Å²) in [5.74, 6) is 1.18. The van der Waals surface area contributed by atoms with Crippen molar-refractivity contribution in [2.45, 2.75) is 126 Å². The fraction of sp³-hybridized carbons (Fsp3) is 0.515. The Morgan fingerprint density at radius 2 is 1.24 bits per heavy atom. The minimum Gasteiger partial charge on any atom is -0.462 e. The van der Waals surface area contributed by atoms with E-state index >= 15 is 9.59 Å². The normalized spacial score (nSPS) is 27.6. The van der Waals surface area contributed by atoms with Crippen LogP contribution in [0, 0.1) is 33.5 Å². The van der Waals surface area contributed by atoms with Crippen LogP contribution in [0.5, 0.6) is 12.0 Å². The summed E-state index contributed by atoms with van der Waals surface area (Å²) in [6.07, 6.45) is 10.6. The third-order valence-electron chi connectivity index (χ3n) is 20.2. The minimum absolute atomic E-state index is 0.0141. The van der Waals surface area contributed by atoms with Gasteiger partial charge in [-0.1, -0.05) is 69.1 Å². The number of carbonyl (C=O) groups is 4. The molecule has 4 aliphatic carbocycles. The molecule has 18 heteroatoms. The molecule has 8 atom stereocenters. The van der Waals surface area contributed by atoms with Gasteiger partial charge in [0.15, 0.2) is 11.6 Å². The molecule has 0 bridgehead atoms. The zero-order valence-corrected chi connectivity index (χ0v) is 48.9. The summed E-state index contributed by atoms with van der Waals surface area (Å²) in [5.41, 5.74) is 7.88. The Balaban J connectivity index is 0.795. The van der Waals surface area contributed by atoms with Crippen LogP contribution in [-0.2, 0) is 35.3 Å². The highest BCUT2D eigenvalue weighted by molar-refractivity contribution is 6.04. The van der Waals surface area contributed by atoms with E-state index in [1.807, 2.05) is 0 Å². The molecule has 4 saturated heterocycles. The van der Waals surface area contributed by atoms with E-state index in [9.17, 15) is 20.1 Å². The molecule has 84 heavy (non-hydrogen) atoms. The van der Waals surface area contributed by atoms with Crippen molar-refractivity contribution in [3.8, 4) is 24.2 Å². The number of nitrogens with zero attached hydrogens (tertiary/aromatic N) is 12. The average Bonchev–Trinajstić information content (AvgIpc) is 1.18. The summed E-state index contributed by atoms with van der Waals surface area (Å²) >= 11 is 0. The summed E-state index contributed by atoms with van der Waals surface area (Å²) in [4.78, 5) is 88.9. The Morgan fingerprint density at radius 1 is 0.679 bits per heavy atom. The number of benzene rings is 2. The van der Waals surface area contributed by atoms with E-state index in [2.05, 4.69) is 108 Å². The largest absolute Gasteiger partial charge is 0.462 e. The lowest BCUT2D eigenvalue weighted by atomic mass is 9.60. The maximum absolute atomic E-state index is 15.4. The molecule has 2 amide bonds. The van der Waals surface area contributed by atoms with Gasteiger partial charge in [-0.3, -0.25) is 24.1 Å². The third-order valence-corrected chi connectivity index (χ3v) is 20.2. The van der Waals surface area contributed by atoms with Crippen molar-refractivity contribution in [2.24, 2.45) is 10.8 Å². The highest BCUT2D eigenvalue weighted by Gasteiger charge is 2.51. The molecule has 4 aliphatic heterocycles. The van der Waals surface area contributed by atoms with Crippen LogP contribution in [0.1, 0.15) is 136 Å². The van der Waals surface area contributed by atoms with Crippen LogP contribution in [-0.4, -0.2) is 167 Å². The first-order valence-electron chi connectivity index (χ1n) is 30.2. The molecule has 6 heterocycles. The van der Waals surface area contributed by atoms with E-state index in [0.717, 1.165) is 66.6 Å². The van der Waals surface area contributed by atoms with Crippen molar-refractivity contribution in [1.29, 1.82) is 10.5 Å². The molecule has 2 spiro atoms. The Morgan fingerprint density at radius 3 is 1.83 bits per heavy atom. The summed E-state index contributed by atoms with van der Waals surface area (Å²) in [6, 6.07) is 19.2. The number of amides is 2. The molecule has 4 aromatic rings. The lowest BCUT2D eigenvalue weighted by Gasteiger charge is -2.44. The van der Waals surface area contributed by atoms with E-state index in [1.54, 1.807) is 9.80 Å². The Kier molecular flexibility index (Phi) is 15.5. The number of fused-ring (bicyclic) bond motifs is 4. The predicted molar refractivity (Wildman–Crippen MR) is 318 cm³/mol. The van der Waals surface area contributed by atoms with Gasteiger partial charge < -0.3 is 34.0 Å². The number of aromatic nitrogens is 4. The number of piperazine rings is 2. The molecular weight excluding hydrogens is 1060 g/mol. The van der Waals surface area contributed by atoms with Gasteiger partial charge in [0.05, 0.1) is 37.1 Å². The summed E-state index contributed by atoms with van der Waals surface area (Å²) in [6.45, 7) is 19.2. The SMILES string of the molecule is C=CC(=O)N1CCN(c2nc(OC[C@@H]3CC(c4cccc5c4C(=C)C[C@]4(CCc6c(nc(OC[C@@H]7CCCN7C)nc6N6CCN(C(=O)C=C)[C@@H](CC#N)C6)C4=O)C5)CN3C)nc3c2CC[C@@]2(Cc4ccccc4C(C)C2)C3=O)C[C@@H]1CC#N. The number of ether oxygens (including phenoxy) is 2. The van der Waals surface area contributed by atoms with Crippen LogP contribution >= 0.6 is 0 Å². The van der Waals surface area contributed by atoms with Gasteiger partial charge >= 0.3 is 12.0 Å². The molecule has 0 N–H and O–H groups in total. The number of Topliss-reactive ketones (excluding diaryl/α,β-unsaturated/α-hetero) is 2. The molecule has 2 aromatic heterocycles. The van der Waals surface area contributed by atoms with Crippen LogP contribution in [0.2, 0.25) is 0 Å². The predicted octanol–water partition coefficient (Wildman–Crippen LogP) is 7.48. The number of allylic oxidation sites excluding steroid dienone is 1. The van der Waals surface area contributed by atoms with Crippen LogP contribution in [0.25, 0.3) is 5.57 Å². The van der Waals surface area contributed by atoms with Crippen molar-refractivity contribution in [3.05, 3.63) is 125 Å². The molecule has 0 saturated carbocycles. The second-order valence-corrected chi connectivity index (χ2v) is 25.2. The quantitative estimate of drug-likeness (QED) is 0.119. The number of nitriles is 2. The van der Waals surface area contributed by atoms with Gasteiger partial charge in [0.2, 0.25) is 11.8 Å². The van der Waals surface area contributed by atoms with Gasteiger partial charge in [0.1, 0.15) is 36.2 Å². The van der Waals surface area contributed by atoms with Crippen molar-refractivity contribution in [3.63, 3.8) is 0 Å². The number of hydrogen-bond acceptors (Lipinski definition) is 16. The van der Waals surface area contributed by atoms with E-state index in [1.165, 1.54) is 28.8 Å². The highest BCUT2D eigenvalue weighted by Crippen LogP contribution is 2.53. The van der Waals surface area contributed by atoms with E-state index < -0.39 is 10.8 Å². The standard InChI is InChI=1S/C66H76N12O6/c1-7-54(79)77-29-27-75(37-46(77)20-24-67)61-53-19-23-66(60(82)58(53)69-63(71-61)83-39-48-15-12-26-73(48)5)33-42(4)56-44(35-66)14-11-17-51(56)45-31-49(74(6)36-45)40-84-64-70-57-52(62(72-64)76-28-30-78(55(80)8-2)47(38-76)21-25-68)18-22-65(59(57)81)32-41(3)50-16-10-9-13-43(50)34-65/h7-11,13-14,16-17,41,45-49H,1-2,4,12,15,18-23,26-40H2,3,5-6H3/t41?,45?,46-,47-,48-,49-,65+,66+/m0/s1. The number of anilines is 2. The smallest absolute Gasteiger partial charge is 0.319 e. The fourth-order valence-electron chi connectivity index (χ4n) is 15.8. The minimum atomic E-state index is -0.771. The number of carbonyl (C=O) groups excluding carboxylic acids is 4. The lowest BCUT2D eigenvalue weighted by Crippen LogP contribution is -2.55. The summed E-state index contributed by atoms with van der Waals surface area (Å²) in [7, 11) is 4.21. The summed E-state index contributed by atoms with van der Waals surface area (Å²) < 4.78 is 13.1. The van der Waals surface area contributed by atoms with E-state index in [0.29, 0.717) is 114 Å².